The van der Waals surface area contributed by atoms with Gasteiger partial charge in [-0.2, -0.15) is 0 Å². The summed E-state index contributed by atoms with van der Waals surface area (Å²) in [6.07, 6.45) is 0. The third-order valence-electron chi connectivity index (χ3n) is 1.77. The van der Waals surface area contributed by atoms with Crippen LogP contribution in [0.3, 0.4) is 0 Å². The van der Waals surface area contributed by atoms with Crippen LogP contribution in [0.25, 0.3) is 0 Å². The number of anilines is 1. The van der Waals surface area contributed by atoms with Gasteiger partial charge in [-0.05, 0) is 18.6 Å². The van der Waals surface area contributed by atoms with Gasteiger partial charge in [0, 0.05) is 5.54 Å². The molecule has 80 valence electrons. The molecule has 0 fully saturated rings. The van der Waals surface area contributed by atoms with Gasteiger partial charge in [-0.1, -0.05) is 46.9 Å². The summed E-state index contributed by atoms with van der Waals surface area (Å²) in [6.45, 7) is 1.83. The average molecular weight is 265 g/mol. The maximum atomic E-state index is 11.4. The van der Waals surface area contributed by atoms with E-state index in [0.29, 0.717) is 10.7 Å². The van der Waals surface area contributed by atoms with Gasteiger partial charge in [0.25, 0.3) is 5.91 Å². The Kier molecular flexibility index (Phi) is 4.45. The first-order valence-corrected chi connectivity index (χ1v) is 5.28. The van der Waals surface area contributed by atoms with E-state index < -0.39 is 5.91 Å². The van der Waals surface area contributed by atoms with Crippen LogP contribution in [0.5, 0.6) is 0 Å². The van der Waals surface area contributed by atoms with E-state index in [1.807, 2.05) is 13.0 Å². The fraction of sp³-hybridized carbons (Fsp3) is 0.100. The molecule has 0 radical (unpaired) electrons. The van der Waals surface area contributed by atoms with Gasteiger partial charge in [-0.3, -0.25) is 4.79 Å². The van der Waals surface area contributed by atoms with E-state index in [1.54, 1.807) is 12.1 Å². The number of aryl methyl sites for hydroxylation is 1. The first-order chi connectivity index (χ1) is 7.06. The van der Waals surface area contributed by atoms with Gasteiger partial charge in [0.1, 0.15) is 5.03 Å². The summed E-state index contributed by atoms with van der Waals surface area (Å²) >= 11 is 16.8. The van der Waals surface area contributed by atoms with Crippen molar-refractivity contribution in [2.75, 3.05) is 5.32 Å². The van der Waals surface area contributed by atoms with Crippen LogP contribution in [0, 0.1) is 6.92 Å². The highest BCUT2D eigenvalue weighted by Crippen LogP contribution is 2.25. The summed E-state index contributed by atoms with van der Waals surface area (Å²) < 4.78 is 0. The quantitative estimate of drug-likeness (QED) is 0.806. The SMILES string of the molecule is Cc1cccc(Cl)c1NC(=O)/C(Cl)=C/Cl. The number of carbonyl (C=O) groups is 1. The van der Waals surface area contributed by atoms with Gasteiger partial charge in [0.15, 0.2) is 0 Å². The van der Waals surface area contributed by atoms with E-state index in [4.69, 9.17) is 34.8 Å². The predicted octanol–water partition coefficient (Wildman–Crippen LogP) is 3.91. The van der Waals surface area contributed by atoms with Gasteiger partial charge in [0.05, 0.1) is 10.7 Å². The molecule has 0 spiro atoms. The van der Waals surface area contributed by atoms with E-state index in [2.05, 4.69) is 5.32 Å². The normalized spacial score (nSPS) is 11.3. The second-order valence-corrected chi connectivity index (χ2v) is 3.88. The zero-order valence-electron chi connectivity index (χ0n) is 7.85. The van der Waals surface area contributed by atoms with Crippen molar-refractivity contribution in [3.8, 4) is 0 Å². The fourth-order valence-corrected chi connectivity index (χ4v) is 1.43. The van der Waals surface area contributed by atoms with Crippen molar-refractivity contribution in [3.05, 3.63) is 39.4 Å². The summed E-state index contributed by atoms with van der Waals surface area (Å²) in [5.41, 5.74) is 2.40. The summed E-state index contributed by atoms with van der Waals surface area (Å²) in [7, 11) is 0. The summed E-state index contributed by atoms with van der Waals surface area (Å²) in [5, 5.41) is 2.95. The highest BCUT2D eigenvalue weighted by molar-refractivity contribution is 6.48. The number of rotatable bonds is 2. The Labute approximate surface area is 103 Å². The number of amides is 1. The summed E-state index contributed by atoms with van der Waals surface area (Å²) in [6, 6.07) is 5.31. The summed E-state index contributed by atoms with van der Waals surface area (Å²) in [4.78, 5) is 11.4. The average Bonchev–Trinajstić information content (AvgIpc) is 2.22. The lowest BCUT2D eigenvalue weighted by molar-refractivity contribution is -0.112. The Morgan fingerprint density at radius 1 is 1.47 bits per heavy atom. The Morgan fingerprint density at radius 2 is 2.13 bits per heavy atom. The van der Waals surface area contributed by atoms with Gasteiger partial charge in [-0.15, -0.1) is 0 Å². The third kappa shape index (κ3) is 3.13. The smallest absolute Gasteiger partial charge is 0.268 e. The lowest BCUT2D eigenvalue weighted by Gasteiger charge is -2.09. The Morgan fingerprint density at radius 3 is 2.67 bits per heavy atom. The molecule has 1 aromatic carbocycles. The van der Waals surface area contributed by atoms with Crippen molar-refractivity contribution in [1.82, 2.24) is 0 Å². The van der Waals surface area contributed by atoms with Crippen molar-refractivity contribution >= 4 is 46.4 Å². The maximum Gasteiger partial charge on any atom is 0.268 e. The summed E-state index contributed by atoms with van der Waals surface area (Å²) in [5.74, 6) is -0.483. The molecular weight excluding hydrogens is 256 g/mol. The predicted molar refractivity (Wildman–Crippen MR) is 64.6 cm³/mol. The Bertz CT molecular complexity index is 395. The van der Waals surface area contributed by atoms with Crippen molar-refractivity contribution < 1.29 is 4.79 Å². The molecule has 1 amide bonds. The molecule has 0 aromatic heterocycles. The molecule has 0 saturated heterocycles. The molecule has 0 bridgehead atoms. The molecule has 0 atom stereocenters. The lowest BCUT2D eigenvalue weighted by Crippen LogP contribution is -2.12. The Balaban J connectivity index is 2.95. The van der Waals surface area contributed by atoms with Crippen LogP contribution in [0.1, 0.15) is 5.56 Å². The van der Waals surface area contributed by atoms with E-state index in [0.717, 1.165) is 11.1 Å². The first kappa shape index (κ1) is 12.4. The minimum Gasteiger partial charge on any atom is -0.320 e. The minimum absolute atomic E-state index is 0.0870. The monoisotopic (exact) mass is 263 g/mol. The molecule has 2 nitrogen and oxygen atoms in total. The third-order valence-corrected chi connectivity index (χ3v) is 2.70. The molecule has 15 heavy (non-hydrogen) atoms. The van der Waals surface area contributed by atoms with E-state index in [1.165, 1.54) is 0 Å². The van der Waals surface area contributed by atoms with Gasteiger partial charge >= 0.3 is 0 Å². The lowest BCUT2D eigenvalue weighted by atomic mass is 10.2. The fourth-order valence-electron chi connectivity index (χ4n) is 1.01. The molecule has 0 heterocycles. The zero-order chi connectivity index (χ0) is 11.4. The van der Waals surface area contributed by atoms with Crippen molar-refractivity contribution in [2.45, 2.75) is 6.92 Å². The molecule has 0 unspecified atom stereocenters. The number of nitrogens with one attached hydrogen (secondary N) is 1. The molecule has 1 rings (SSSR count). The van der Waals surface area contributed by atoms with Crippen LogP contribution in [0.2, 0.25) is 5.02 Å². The van der Waals surface area contributed by atoms with Gasteiger partial charge in [0.2, 0.25) is 0 Å². The molecule has 0 aliphatic heterocycles. The highest BCUT2D eigenvalue weighted by atomic mass is 35.5. The molecule has 5 heteroatoms. The van der Waals surface area contributed by atoms with E-state index >= 15 is 0 Å². The number of hydrogen-bond donors (Lipinski definition) is 1. The Hall–Kier alpha value is -0.700. The standard InChI is InChI=1S/C10H8Cl3NO/c1-6-3-2-4-7(12)9(6)14-10(15)8(13)5-11/h2-5H,1H3,(H,14,15)/b8-5-. The topological polar surface area (TPSA) is 29.1 Å². The van der Waals surface area contributed by atoms with Crippen LogP contribution in [0.4, 0.5) is 5.69 Å². The van der Waals surface area contributed by atoms with E-state index in [-0.39, 0.29) is 5.03 Å². The molecule has 1 aromatic rings. The number of carbonyl (C=O) groups excluding carboxylic acids is 1. The molecule has 1 N–H and O–H groups in total. The largest absolute Gasteiger partial charge is 0.320 e. The van der Waals surface area contributed by atoms with Crippen LogP contribution in [0.15, 0.2) is 28.8 Å². The molecule has 0 aliphatic carbocycles. The van der Waals surface area contributed by atoms with Crippen LogP contribution in [-0.2, 0) is 4.79 Å². The number of halogens is 3. The number of hydrogen-bond acceptors (Lipinski definition) is 1. The van der Waals surface area contributed by atoms with Gasteiger partial charge < -0.3 is 5.32 Å². The zero-order valence-corrected chi connectivity index (χ0v) is 10.1. The molecule has 0 saturated carbocycles. The van der Waals surface area contributed by atoms with Crippen LogP contribution in [-0.4, -0.2) is 5.91 Å². The molecule has 0 aliphatic rings. The van der Waals surface area contributed by atoms with E-state index in [9.17, 15) is 4.79 Å². The second kappa shape index (κ2) is 5.40. The number of benzene rings is 1. The van der Waals surface area contributed by atoms with Gasteiger partial charge in [-0.25, -0.2) is 0 Å². The van der Waals surface area contributed by atoms with Crippen LogP contribution >= 0.6 is 34.8 Å². The first-order valence-electron chi connectivity index (χ1n) is 4.08. The van der Waals surface area contributed by atoms with Crippen molar-refractivity contribution in [2.24, 2.45) is 0 Å². The number of para-hydroxylation sites is 1. The van der Waals surface area contributed by atoms with Crippen molar-refractivity contribution in [1.29, 1.82) is 0 Å². The second-order valence-electron chi connectivity index (χ2n) is 2.84. The maximum absolute atomic E-state index is 11.4. The van der Waals surface area contributed by atoms with Crippen molar-refractivity contribution in [3.63, 3.8) is 0 Å². The highest BCUT2D eigenvalue weighted by Gasteiger charge is 2.10. The van der Waals surface area contributed by atoms with Crippen LogP contribution < -0.4 is 5.32 Å². The minimum atomic E-state index is -0.483. The molecular formula is C10H8Cl3NO.